The first-order valence-corrected chi connectivity index (χ1v) is 4.73. The van der Waals surface area contributed by atoms with Gasteiger partial charge in [-0.3, -0.25) is 9.36 Å². The van der Waals surface area contributed by atoms with Crippen LogP contribution >= 0.6 is 0 Å². The van der Waals surface area contributed by atoms with Gasteiger partial charge in [0.15, 0.2) is 17.4 Å². The van der Waals surface area contributed by atoms with E-state index < -0.39 is 12.3 Å². The molecule has 0 aliphatic carbocycles. The molecule has 0 fully saturated rings. The maximum atomic E-state index is 11.9. The number of nitrogens with zero attached hydrogens (tertiary/aromatic N) is 3. The van der Waals surface area contributed by atoms with Crippen LogP contribution in [0.15, 0.2) is 11.1 Å². The van der Waals surface area contributed by atoms with E-state index in [4.69, 9.17) is 0 Å². The summed E-state index contributed by atoms with van der Waals surface area (Å²) < 4.78 is 1.26. The second kappa shape index (κ2) is 3.03. The van der Waals surface area contributed by atoms with Gasteiger partial charge < -0.3 is 20.5 Å². The molecule has 84 valence electrons. The predicted molar refractivity (Wildman–Crippen MR) is 53.8 cm³/mol. The van der Waals surface area contributed by atoms with E-state index in [1.165, 1.54) is 10.9 Å². The summed E-state index contributed by atoms with van der Waals surface area (Å²) in [5.74, 6) is 0.211. The topological polar surface area (TPSA) is 116 Å². The minimum absolute atomic E-state index is 0.00426. The standard InChI is InChI=1S/C8H9N5O3/c14-3-1-13-7(16)4-5(10-2-9-4)11-8(13)12-6(3)15/h2-3,6,14-15H,1H2,(H,9,10)(H,11,12)/t3-,6+/m1/s1. The molecule has 0 saturated carbocycles. The molecule has 1 aliphatic rings. The van der Waals surface area contributed by atoms with Gasteiger partial charge in [0.25, 0.3) is 5.56 Å². The van der Waals surface area contributed by atoms with Crippen molar-refractivity contribution in [2.24, 2.45) is 0 Å². The summed E-state index contributed by atoms with van der Waals surface area (Å²) >= 11 is 0. The number of H-pyrrole nitrogens is 1. The van der Waals surface area contributed by atoms with Crippen LogP contribution in [0.3, 0.4) is 0 Å². The zero-order valence-electron chi connectivity index (χ0n) is 8.08. The fourth-order valence-electron chi connectivity index (χ4n) is 1.72. The van der Waals surface area contributed by atoms with E-state index >= 15 is 0 Å². The zero-order valence-corrected chi connectivity index (χ0v) is 8.08. The molecule has 2 atom stereocenters. The molecular formula is C8H9N5O3. The van der Waals surface area contributed by atoms with E-state index in [0.717, 1.165) is 0 Å². The number of aliphatic hydroxyl groups is 2. The molecule has 4 N–H and O–H groups in total. The smallest absolute Gasteiger partial charge is 0.281 e. The molecule has 0 saturated heterocycles. The van der Waals surface area contributed by atoms with Crippen molar-refractivity contribution < 1.29 is 10.2 Å². The minimum atomic E-state index is -1.12. The Balaban J connectivity index is 2.28. The molecule has 0 amide bonds. The van der Waals surface area contributed by atoms with Crippen LogP contribution in [0, 0.1) is 0 Å². The second-order valence-electron chi connectivity index (χ2n) is 3.61. The average molecular weight is 223 g/mol. The molecule has 0 spiro atoms. The predicted octanol–water partition coefficient (Wildman–Crippen LogP) is -1.78. The Bertz CT molecular complexity index is 603. The van der Waals surface area contributed by atoms with Gasteiger partial charge >= 0.3 is 0 Å². The monoisotopic (exact) mass is 223 g/mol. The minimum Gasteiger partial charge on any atom is -0.387 e. The molecule has 8 nitrogen and oxygen atoms in total. The van der Waals surface area contributed by atoms with Gasteiger partial charge in [-0.25, -0.2) is 4.98 Å². The van der Waals surface area contributed by atoms with E-state index in [9.17, 15) is 15.0 Å². The molecule has 3 rings (SSSR count). The van der Waals surface area contributed by atoms with Gasteiger partial charge in [0.2, 0.25) is 5.95 Å². The first kappa shape index (κ1) is 9.31. The third kappa shape index (κ3) is 1.14. The molecular weight excluding hydrogens is 214 g/mol. The number of nitrogens with one attached hydrogen (secondary N) is 2. The van der Waals surface area contributed by atoms with Gasteiger partial charge in [0.1, 0.15) is 6.10 Å². The van der Waals surface area contributed by atoms with Crippen molar-refractivity contribution >= 4 is 17.1 Å². The summed E-state index contributed by atoms with van der Waals surface area (Å²) in [5.41, 5.74) is 0.248. The van der Waals surface area contributed by atoms with E-state index in [2.05, 4.69) is 20.3 Å². The van der Waals surface area contributed by atoms with E-state index in [0.29, 0.717) is 0 Å². The Morgan fingerprint density at radius 3 is 3.12 bits per heavy atom. The Morgan fingerprint density at radius 1 is 1.50 bits per heavy atom. The summed E-state index contributed by atoms with van der Waals surface area (Å²) in [6.45, 7) is 0.00426. The van der Waals surface area contributed by atoms with Gasteiger partial charge in [0.05, 0.1) is 12.9 Å². The largest absolute Gasteiger partial charge is 0.387 e. The quantitative estimate of drug-likeness (QED) is 0.420. The highest BCUT2D eigenvalue weighted by Gasteiger charge is 2.27. The number of fused-ring (bicyclic) bond motifs is 2. The summed E-state index contributed by atoms with van der Waals surface area (Å²) in [4.78, 5) is 22.5. The molecule has 2 aromatic heterocycles. The highest BCUT2D eigenvalue weighted by molar-refractivity contribution is 5.70. The Hall–Kier alpha value is -1.93. The number of anilines is 1. The van der Waals surface area contributed by atoms with Gasteiger partial charge in [-0.1, -0.05) is 0 Å². The molecule has 2 aromatic rings. The van der Waals surface area contributed by atoms with Gasteiger partial charge in [-0.15, -0.1) is 0 Å². The maximum absolute atomic E-state index is 11.9. The Labute approximate surface area is 88.6 Å². The first-order valence-electron chi connectivity index (χ1n) is 4.73. The third-order valence-corrected chi connectivity index (χ3v) is 2.56. The third-order valence-electron chi connectivity index (χ3n) is 2.56. The van der Waals surface area contributed by atoms with E-state index in [1.807, 2.05) is 0 Å². The molecule has 0 unspecified atom stereocenters. The number of aromatic amines is 1. The fourth-order valence-corrected chi connectivity index (χ4v) is 1.72. The SMILES string of the molecule is O=c1c2[nH]cnc2nc2n1C[C@@H](O)[C@H](O)N2. The van der Waals surface area contributed by atoms with E-state index in [-0.39, 0.29) is 29.2 Å². The first-order chi connectivity index (χ1) is 7.66. The lowest BCUT2D eigenvalue weighted by Gasteiger charge is -2.27. The lowest BCUT2D eigenvalue weighted by Crippen LogP contribution is -2.45. The van der Waals surface area contributed by atoms with Crippen LogP contribution in [0.5, 0.6) is 0 Å². The van der Waals surface area contributed by atoms with Gasteiger partial charge in [-0.2, -0.15) is 4.98 Å². The zero-order chi connectivity index (χ0) is 11.3. The van der Waals surface area contributed by atoms with Gasteiger partial charge in [0, 0.05) is 0 Å². The van der Waals surface area contributed by atoms with Crippen LogP contribution in [0.1, 0.15) is 0 Å². The number of aromatic nitrogens is 4. The second-order valence-corrected chi connectivity index (χ2v) is 3.61. The number of aliphatic hydroxyl groups excluding tert-OH is 2. The van der Waals surface area contributed by atoms with Crippen LogP contribution in [0.25, 0.3) is 11.2 Å². The lowest BCUT2D eigenvalue weighted by molar-refractivity contribution is 0.0167. The van der Waals surface area contributed by atoms with Crippen molar-refractivity contribution in [3.8, 4) is 0 Å². The number of rotatable bonds is 0. The molecule has 1 aliphatic heterocycles. The van der Waals surface area contributed by atoms with Crippen molar-refractivity contribution in [2.75, 3.05) is 5.32 Å². The van der Waals surface area contributed by atoms with Crippen LogP contribution in [0.4, 0.5) is 5.95 Å². The molecule has 3 heterocycles. The number of hydrogen-bond donors (Lipinski definition) is 4. The Kier molecular flexibility index (Phi) is 1.76. The molecule has 16 heavy (non-hydrogen) atoms. The van der Waals surface area contributed by atoms with Crippen molar-refractivity contribution in [1.29, 1.82) is 0 Å². The van der Waals surface area contributed by atoms with Crippen molar-refractivity contribution in [1.82, 2.24) is 19.5 Å². The molecule has 0 aromatic carbocycles. The van der Waals surface area contributed by atoms with Crippen LogP contribution in [-0.2, 0) is 6.54 Å². The van der Waals surface area contributed by atoms with Crippen LogP contribution < -0.4 is 10.9 Å². The molecule has 0 radical (unpaired) electrons. The number of hydrogen-bond acceptors (Lipinski definition) is 6. The summed E-state index contributed by atoms with van der Waals surface area (Å²) in [6.07, 6.45) is -0.784. The van der Waals surface area contributed by atoms with Crippen molar-refractivity contribution in [2.45, 2.75) is 18.9 Å². The normalized spacial score (nSPS) is 24.1. The molecule has 8 heteroatoms. The van der Waals surface area contributed by atoms with Crippen molar-refractivity contribution in [3.63, 3.8) is 0 Å². The average Bonchev–Trinajstić information content (AvgIpc) is 2.70. The van der Waals surface area contributed by atoms with Crippen molar-refractivity contribution in [3.05, 3.63) is 16.7 Å². The van der Waals surface area contributed by atoms with E-state index in [1.54, 1.807) is 0 Å². The van der Waals surface area contributed by atoms with Gasteiger partial charge in [-0.05, 0) is 0 Å². The van der Waals surface area contributed by atoms with Crippen LogP contribution in [-0.4, -0.2) is 42.1 Å². The Morgan fingerprint density at radius 2 is 2.31 bits per heavy atom. The highest BCUT2D eigenvalue weighted by atomic mass is 16.3. The van der Waals surface area contributed by atoms with Crippen LogP contribution in [0.2, 0.25) is 0 Å². The molecule has 0 bridgehead atoms. The fraction of sp³-hybridized carbons (Fsp3) is 0.375. The number of imidazole rings is 1. The summed E-state index contributed by atoms with van der Waals surface area (Å²) in [5, 5.41) is 21.4. The summed E-state index contributed by atoms with van der Waals surface area (Å²) in [7, 11) is 0. The summed E-state index contributed by atoms with van der Waals surface area (Å²) in [6, 6.07) is 0. The highest BCUT2D eigenvalue weighted by Crippen LogP contribution is 2.14. The lowest BCUT2D eigenvalue weighted by atomic mass is 10.2. The maximum Gasteiger partial charge on any atom is 0.281 e.